The lowest BCUT2D eigenvalue weighted by Gasteiger charge is -2.30. The van der Waals surface area contributed by atoms with Gasteiger partial charge in [-0.05, 0) is 24.7 Å². The Morgan fingerprint density at radius 3 is 2.33 bits per heavy atom. The van der Waals surface area contributed by atoms with Gasteiger partial charge >= 0.3 is 0 Å². The second-order valence-corrected chi connectivity index (χ2v) is 4.24. The van der Waals surface area contributed by atoms with E-state index in [-0.39, 0.29) is 12.4 Å². The molecule has 1 heterocycles. The van der Waals surface area contributed by atoms with Crippen molar-refractivity contribution in [2.24, 2.45) is 5.10 Å². The number of nitriles is 1. The summed E-state index contributed by atoms with van der Waals surface area (Å²) in [6.45, 7) is 4.07. The van der Waals surface area contributed by atoms with Crippen LogP contribution in [0.1, 0.15) is 11.1 Å². The Kier molecular flexibility index (Phi) is 5.63. The first kappa shape index (κ1) is 14.5. The van der Waals surface area contributed by atoms with E-state index >= 15 is 0 Å². The molecule has 0 N–H and O–H groups in total. The normalized spacial score (nSPS) is 16.3. The van der Waals surface area contributed by atoms with Gasteiger partial charge < -0.3 is 17.3 Å². The molecule has 1 aliphatic heterocycles. The molecule has 1 saturated heterocycles. The van der Waals surface area contributed by atoms with Gasteiger partial charge in [0.1, 0.15) is 0 Å². The summed E-state index contributed by atoms with van der Waals surface area (Å²) >= 11 is 0. The van der Waals surface area contributed by atoms with Crippen LogP contribution in [0.3, 0.4) is 0 Å². The molecule has 96 valence electrons. The van der Waals surface area contributed by atoms with E-state index in [1.807, 2.05) is 30.5 Å². The molecule has 1 aromatic rings. The molecule has 0 aromatic heterocycles. The number of rotatable bonds is 2. The van der Waals surface area contributed by atoms with Crippen LogP contribution in [0.25, 0.3) is 0 Å². The summed E-state index contributed by atoms with van der Waals surface area (Å²) in [5, 5.41) is 15.2. The summed E-state index contributed by atoms with van der Waals surface area (Å²) < 4.78 is 0. The van der Waals surface area contributed by atoms with E-state index in [9.17, 15) is 0 Å². The minimum atomic E-state index is 0. The Labute approximate surface area is 114 Å². The number of hydrogen-bond acceptors (Lipinski definition) is 4. The Balaban J connectivity index is 0.00000162. The van der Waals surface area contributed by atoms with Crippen molar-refractivity contribution in [2.75, 3.05) is 33.2 Å². The number of benzene rings is 1. The summed E-state index contributed by atoms with van der Waals surface area (Å²) in [5.41, 5.74) is 1.71. The quantitative estimate of drug-likeness (QED) is 0.588. The molecule has 18 heavy (non-hydrogen) atoms. The minimum Gasteiger partial charge on any atom is -1.00 e. The first-order valence-corrected chi connectivity index (χ1v) is 5.75. The molecule has 0 radical (unpaired) electrons. The fourth-order valence-corrected chi connectivity index (χ4v) is 1.70. The van der Waals surface area contributed by atoms with Crippen LogP contribution in [0.5, 0.6) is 0 Å². The standard InChI is InChI=1S/C13H16N4.ClH/c1-16-6-8-17(9-7-16)15-11-13-4-2-12(10-14)3-5-13;/h2-5,11H,6-9H2,1H3;1H/p-1. The SMILES string of the molecule is CN1CCN(N=Cc2ccc(C#N)cc2)CC1.[Cl-]. The summed E-state index contributed by atoms with van der Waals surface area (Å²) in [6.07, 6.45) is 1.85. The lowest BCUT2D eigenvalue weighted by atomic mass is 10.2. The maximum atomic E-state index is 8.69. The third-order valence-corrected chi connectivity index (χ3v) is 2.89. The zero-order valence-corrected chi connectivity index (χ0v) is 11.1. The van der Waals surface area contributed by atoms with E-state index in [4.69, 9.17) is 5.26 Å². The second kappa shape index (κ2) is 7.00. The predicted molar refractivity (Wildman–Crippen MR) is 67.8 cm³/mol. The molecule has 0 unspecified atom stereocenters. The van der Waals surface area contributed by atoms with Crippen molar-refractivity contribution in [1.82, 2.24) is 9.91 Å². The van der Waals surface area contributed by atoms with Crippen LogP contribution < -0.4 is 12.4 Å². The van der Waals surface area contributed by atoms with Crippen LogP contribution in [0.2, 0.25) is 0 Å². The van der Waals surface area contributed by atoms with Crippen LogP contribution in [0.4, 0.5) is 0 Å². The molecular weight excluding hydrogens is 248 g/mol. The number of piperazine rings is 1. The largest absolute Gasteiger partial charge is 1.00 e. The lowest BCUT2D eigenvalue weighted by molar-refractivity contribution is -0.00000375. The molecule has 0 amide bonds. The highest BCUT2D eigenvalue weighted by Crippen LogP contribution is 2.03. The number of hydrogen-bond donors (Lipinski definition) is 0. The van der Waals surface area contributed by atoms with Gasteiger partial charge in [0, 0.05) is 26.2 Å². The monoisotopic (exact) mass is 263 g/mol. The average molecular weight is 264 g/mol. The van der Waals surface area contributed by atoms with Gasteiger partial charge in [-0.3, -0.25) is 5.01 Å². The molecule has 1 fully saturated rings. The average Bonchev–Trinajstić information content (AvgIpc) is 2.39. The van der Waals surface area contributed by atoms with E-state index < -0.39 is 0 Å². The molecule has 1 aromatic carbocycles. The van der Waals surface area contributed by atoms with Gasteiger partial charge in [0.25, 0.3) is 0 Å². The van der Waals surface area contributed by atoms with Crippen LogP contribution in [-0.2, 0) is 0 Å². The van der Waals surface area contributed by atoms with Crippen LogP contribution in [-0.4, -0.2) is 49.4 Å². The summed E-state index contributed by atoms with van der Waals surface area (Å²) in [6, 6.07) is 9.56. The van der Waals surface area contributed by atoms with Crippen molar-refractivity contribution in [3.8, 4) is 6.07 Å². The van der Waals surface area contributed by atoms with Crippen molar-refractivity contribution in [1.29, 1.82) is 5.26 Å². The summed E-state index contributed by atoms with van der Waals surface area (Å²) in [7, 11) is 2.13. The third-order valence-electron chi connectivity index (χ3n) is 2.89. The first-order valence-electron chi connectivity index (χ1n) is 5.75. The fraction of sp³-hybridized carbons (Fsp3) is 0.385. The topological polar surface area (TPSA) is 42.6 Å². The highest BCUT2D eigenvalue weighted by atomic mass is 35.5. The number of hydrazone groups is 1. The van der Waals surface area contributed by atoms with Gasteiger partial charge in [-0.15, -0.1) is 0 Å². The minimum absolute atomic E-state index is 0. The number of nitrogens with zero attached hydrogens (tertiary/aromatic N) is 4. The van der Waals surface area contributed by atoms with Crippen molar-refractivity contribution < 1.29 is 12.4 Å². The van der Waals surface area contributed by atoms with Crippen LogP contribution in [0, 0.1) is 11.3 Å². The molecule has 5 heteroatoms. The maximum absolute atomic E-state index is 8.69. The lowest BCUT2D eigenvalue weighted by Crippen LogP contribution is -3.00. The Hall–Kier alpha value is -1.57. The van der Waals surface area contributed by atoms with Gasteiger partial charge in [-0.1, -0.05) is 12.1 Å². The van der Waals surface area contributed by atoms with Gasteiger partial charge in [-0.2, -0.15) is 10.4 Å². The predicted octanol–water partition coefficient (Wildman–Crippen LogP) is -1.86. The first-order chi connectivity index (χ1) is 8.28. The molecule has 0 bridgehead atoms. The highest BCUT2D eigenvalue weighted by molar-refractivity contribution is 5.79. The van der Waals surface area contributed by atoms with Crippen molar-refractivity contribution in [2.45, 2.75) is 0 Å². The van der Waals surface area contributed by atoms with E-state index in [2.05, 4.69) is 28.1 Å². The summed E-state index contributed by atoms with van der Waals surface area (Å²) in [4.78, 5) is 2.30. The molecule has 0 spiro atoms. The zero-order valence-electron chi connectivity index (χ0n) is 10.4. The molecular formula is C13H16ClN4-. The zero-order chi connectivity index (χ0) is 12.1. The Morgan fingerprint density at radius 1 is 1.17 bits per heavy atom. The Bertz CT molecular complexity index is 427. The molecule has 0 aliphatic carbocycles. The van der Waals surface area contributed by atoms with E-state index in [1.165, 1.54) is 0 Å². The number of likely N-dealkylation sites (N-methyl/N-ethyl adjacent to an activating group) is 1. The van der Waals surface area contributed by atoms with E-state index in [0.29, 0.717) is 5.56 Å². The third kappa shape index (κ3) is 4.02. The smallest absolute Gasteiger partial charge is 0.0991 e. The van der Waals surface area contributed by atoms with Gasteiger partial charge in [0.2, 0.25) is 0 Å². The summed E-state index contributed by atoms with van der Waals surface area (Å²) in [5.74, 6) is 0. The fourth-order valence-electron chi connectivity index (χ4n) is 1.70. The molecule has 2 rings (SSSR count). The number of halogens is 1. The van der Waals surface area contributed by atoms with Crippen LogP contribution in [0.15, 0.2) is 29.4 Å². The van der Waals surface area contributed by atoms with Gasteiger partial charge in [0.05, 0.1) is 17.8 Å². The van der Waals surface area contributed by atoms with Crippen molar-refractivity contribution in [3.63, 3.8) is 0 Å². The maximum Gasteiger partial charge on any atom is 0.0991 e. The van der Waals surface area contributed by atoms with Crippen LogP contribution >= 0.6 is 0 Å². The molecule has 4 nitrogen and oxygen atoms in total. The highest BCUT2D eigenvalue weighted by Gasteiger charge is 2.10. The van der Waals surface area contributed by atoms with Gasteiger partial charge in [0.15, 0.2) is 0 Å². The molecule has 1 aliphatic rings. The van der Waals surface area contributed by atoms with Gasteiger partial charge in [-0.25, -0.2) is 0 Å². The van der Waals surface area contributed by atoms with E-state index in [0.717, 1.165) is 31.7 Å². The van der Waals surface area contributed by atoms with E-state index in [1.54, 1.807) is 0 Å². The Morgan fingerprint density at radius 2 is 1.78 bits per heavy atom. The second-order valence-electron chi connectivity index (χ2n) is 4.24. The van der Waals surface area contributed by atoms with Crippen molar-refractivity contribution >= 4 is 6.21 Å². The molecule has 0 atom stereocenters. The van der Waals surface area contributed by atoms with Crippen molar-refractivity contribution in [3.05, 3.63) is 35.4 Å². The molecule has 0 saturated carbocycles.